The van der Waals surface area contributed by atoms with Gasteiger partial charge in [-0.1, -0.05) is 0 Å². The van der Waals surface area contributed by atoms with Gasteiger partial charge in [-0.15, -0.1) is 0 Å². The Balaban J connectivity index is 1.55. The van der Waals surface area contributed by atoms with Gasteiger partial charge in [0, 0.05) is 43.4 Å². The smallest absolute Gasteiger partial charge is 0.269 e. The monoisotopic (exact) mass is 364 g/mol. The molecule has 8 nitrogen and oxygen atoms in total. The Morgan fingerprint density at radius 3 is 2.85 bits per heavy atom. The Labute approximate surface area is 155 Å². The number of carbonyl (C=O) groups is 1. The van der Waals surface area contributed by atoms with Crippen molar-refractivity contribution in [2.75, 3.05) is 13.1 Å². The summed E-state index contributed by atoms with van der Waals surface area (Å²) in [7, 11) is 0. The highest BCUT2D eigenvalue weighted by Crippen LogP contribution is 2.18. The second kappa shape index (κ2) is 8.10. The summed E-state index contributed by atoms with van der Waals surface area (Å²) >= 11 is 0. The minimum Gasteiger partial charge on any atom is -0.472 e. The number of pyridine rings is 1. The molecule has 2 heterocycles. The van der Waals surface area contributed by atoms with E-state index in [4.69, 9.17) is 10.00 Å². The van der Waals surface area contributed by atoms with Crippen LogP contribution < -0.4 is 4.74 Å². The van der Waals surface area contributed by atoms with Gasteiger partial charge in [-0.2, -0.15) is 5.26 Å². The molecular formula is C19H16N4O4. The quantitative estimate of drug-likeness (QED) is 0.458. The maximum atomic E-state index is 12.3. The third-order valence-electron chi connectivity index (χ3n) is 4.13. The molecule has 8 heteroatoms. The molecule has 1 amide bonds. The van der Waals surface area contributed by atoms with Crippen molar-refractivity contribution in [1.82, 2.24) is 9.88 Å². The highest BCUT2D eigenvalue weighted by Gasteiger charge is 2.26. The number of aromatic nitrogens is 1. The summed E-state index contributed by atoms with van der Waals surface area (Å²) in [6.07, 6.45) is 5.08. The molecule has 0 N–H and O–H groups in total. The van der Waals surface area contributed by atoms with Crippen LogP contribution in [0, 0.1) is 21.4 Å². The lowest BCUT2D eigenvalue weighted by Crippen LogP contribution is -2.29. The topological polar surface area (TPSA) is 109 Å². The molecule has 1 saturated heterocycles. The lowest BCUT2D eigenvalue weighted by atomic mass is 10.2. The molecule has 0 bridgehead atoms. The van der Waals surface area contributed by atoms with Crippen molar-refractivity contribution >= 4 is 17.7 Å². The van der Waals surface area contributed by atoms with Crippen molar-refractivity contribution in [2.45, 2.75) is 12.5 Å². The Kier molecular flexibility index (Phi) is 5.42. The van der Waals surface area contributed by atoms with Gasteiger partial charge in [0.25, 0.3) is 5.69 Å². The third kappa shape index (κ3) is 4.67. The van der Waals surface area contributed by atoms with Crippen LogP contribution in [0.15, 0.2) is 48.7 Å². The summed E-state index contributed by atoms with van der Waals surface area (Å²) in [4.78, 5) is 28.2. The molecule has 0 spiro atoms. The van der Waals surface area contributed by atoms with Crippen molar-refractivity contribution in [2.24, 2.45) is 0 Å². The standard InChI is InChI=1S/C19H16N4O4/c20-12-15-7-9-21-18(11-15)27-17-8-10-22(13-17)19(24)6-3-14-1-4-16(5-2-14)23(25)26/h1-7,9,11,17H,8,10,13H2/b6-3+. The molecule has 1 aromatic carbocycles. The fourth-order valence-electron chi connectivity index (χ4n) is 2.72. The summed E-state index contributed by atoms with van der Waals surface area (Å²) in [5, 5.41) is 19.6. The molecule has 2 aromatic rings. The molecule has 1 aromatic heterocycles. The van der Waals surface area contributed by atoms with E-state index >= 15 is 0 Å². The highest BCUT2D eigenvalue weighted by atomic mass is 16.6. The van der Waals surface area contributed by atoms with Gasteiger partial charge in [-0.25, -0.2) is 4.98 Å². The number of likely N-dealkylation sites (tertiary alicyclic amines) is 1. The molecular weight excluding hydrogens is 348 g/mol. The van der Waals surface area contributed by atoms with E-state index in [9.17, 15) is 14.9 Å². The average Bonchev–Trinajstić information content (AvgIpc) is 3.15. The van der Waals surface area contributed by atoms with E-state index in [-0.39, 0.29) is 17.7 Å². The molecule has 1 atom stereocenters. The number of nitro benzene ring substituents is 1. The van der Waals surface area contributed by atoms with E-state index in [1.54, 1.807) is 35.2 Å². The number of carbonyl (C=O) groups excluding carboxylic acids is 1. The minimum atomic E-state index is -0.468. The number of hydrogen-bond donors (Lipinski definition) is 0. The maximum Gasteiger partial charge on any atom is 0.269 e. The van der Waals surface area contributed by atoms with Gasteiger partial charge in [0.2, 0.25) is 11.8 Å². The number of ether oxygens (including phenoxy) is 1. The van der Waals surface area contributed by atoms with E-state index in [2.05, 4.69) is 4.98 Å². The fraction of sp³-hybridized carbons (Fsp3) is 0.211. The number of nitriles is 1. The molecule has 136 valence electrons. The summed E-state index contributed by atoms with van der Waals surface area (Å²) in [5.74, 6) is 0.216. The third-order valence-corrected chi connectivity index (χ3v) is 4.13. The normalized spacial score (nSPS) is 16.3. The Bertz CT molecular complexity index is 918. The van der Waals surface area contributed by atoms with Gasteiger partial charge < -0.3 is 9.64 Å². The number of amides is 1. The largest absolute Gasteiger partial charge is 0.472 e. The van der Waals surface area contributed by atoms with E-state index in [1.807, 2.05) is 6.07 Å². The summed E-state index contributed by atoms with van der Waals surface area (Å²) in [6, 6.07) is 11.2. The van der Waals surface area contributed by atoms with Crippen LogP contribution in [0.3, 0.4) is 0 Å². The molecule has 1 aliphatic heterocycles. The lowest BCUT2D eigenvalue weighted by Gasteiger charge is -2.15. The van der Waals surface area contributed by atoms with Crippen LogP contribution in [0.25, 0.3) is 6.08 Å². The Morgan fingerprint density at radius 2 is 2.15 bits per heavy atom. The van der Waals surface area contributed by atoms with E-state index in [0.29, 0.717) is 36.5 Å². The van der Waals surface area contributed by atoms with Crippen molar-refractivity contribution in [1.29, 1.82) is 5.26 Å². The van der Waals surface area contributed by atoms with Crippen LogP contribution in [-0.4, -0.2) is 39.9 Å². The van der Waals surface area contributed by atoms with Gasteiger partial charge in [0.15, 0.2) is 0 Å². The first-order chi connectivity index (χ1) is 13.0. The van der Waals surface area contributed by atoms with E-state index in [1.165, 1.54) is 24.4 Å². The molecule has 0 aliphatic carbocycles. The van der Waals surface area contributed by atoms with Crippen LogP contribution in [0.2, 0.25) is 0 Å². The van der Waals surface area contributed by atoms with Gasteiger partial charge >= 0.3 is 0 Å². The van der Waals surface area contributed by atoms with E-state index in [0.717, 1.165) is 0 Å². The van der Waals surface area contributed by atoms with Crippen LogP contribution in [0.1, 0.15) is 17.5 Å². The van der Waals surface area contributed by atoms with Crippen molar-refractivity contribution in [3.63, 3.8) is 0 Å². The van der Waals surface area contributed by atoms with E-state index < -0.39 is 4.92 Å². The summed E-state index contributed by atoms with van der Waals surface area (Å²) in [5.41, 5.74) is 1.18. The van der Waals surface area contributed by atoms with Crippen molar-refractivity contribution < 1.29 is 14.5 Å². The van der Waals surface area contributed by atoms with Crippen LogP contribution in [0.5, 0.6) is 5.88 Å². The van der Waals surface area contributed by atoms with Gasteiger partial charge in [0.1, 0.15) is 6.10 Å². The zero-order chi connectivity index (χ0) is 19.2. The molecule has 1 aliphatic rings. The fourth-order valence-corrected chi connectivity index (χ4v) is 2.72. The SMILES string of the molecule is N#Cc1ccnc(OC2CCN(C(=O)/C=C/c3ccc([N+](=O)[O-])cc3)C2)c1. The number of benzene rings is 1. The second-order valence-electron chi connectivity index (χ2n) is 5.99. The highest BCUT2D eigenvalue weighted by molar-refractivity contribution is 5.92. The number of rotatable bonds is 5. The van der Waals surface area contributed by atoms with Crippen molar-refractivity contribution in [3.05, 3.63) is 69.9 Å². The maximum absolute atomic E-state index is 12.3. The number of nitrogens with zero attached hydrogens (tertiary/aromatic N) is 4. The van der Waals surface area contributed by atoms with Gasteiger partial charge in [-0.3, -0.25) is 14.9 Å². The predicted molar refractivity (Wildman–Crippen MR) is 96.7 cm³/mol. The van der Waals surface area contributed by atoms with Crippen LogP contribution in [-0.2, 0) is 4.79 Å². The second-order valence-corrected chi connectivity index (χ2v) is 5.99. The first-order valence-corrected chi connectivity index (χ1v) is 8.29. The zero-order valence-electron chi connectivity index (χ0n) is 14.3. The first-order valence-electron chi connectivity index (χ1n) is 8.29. The average molecular weight is 364 g/mol. The Hall–Kier alpha value is -3.73. The minimum absolute atomic E-state index is 0.00656. The van der Waals surface area contributed by atoms with Crippen LogP contribution in [0.4, 0.5) is 5.69 Å². The number of nitro groups is 1. The molecule has 0 saturated carbocycles. The zero-order valence-corrected chi connectivity index (χ0v) is 14.3. The van der Waals surface area contributed by atoms with Crippen LogP contribution >= 0.6 is 0 Å². The molecule has 1 unspecified atom stereocenters. The molecule has 3 rings (SSSR count). The van der Waals surface area contributed by atoms with Crippen molar-refractivity contribution in [3.8, 4) is 11.9 Å². The number of non-ortho nitro benzene ring substituents is 1. The molecule has 0 radical (unpaired) electrons. The number of hydrogen-bond acceptors (Lipinski definition) is 6. The Morgan fingerprint density at radius 1 is 1.37 bits per heavy atom. The summed E-state index contributed by atoms with van der Waals surface area (Å²) in [6.45, 7) is 0.994. The molecule has 1 fully saturated rings. The summed E-state index contributed by atoms with van der Waals surface area (Å²) < 4.78 is 5.75. The molecule has 27 heavy (non-hydrogen) atoms. The predicted octanol–water partition coefficient (Wildman–Crippen LogP) is 2.55. The lowest BCUT2D eigenvalue weighted by molar-refractivity contribution is -0.384. The van der Waals surface area contributed by atoms with Gasteiger partial charge in [0.05, 0.1) is 23.1 Å². The van der Waals surface area contributed by atoms with Gasteiger partial charge in [-0.05, 0) is 29.8 Å². The first kappa shape index (κ1) is 18.1.